The molecule has 0 amide bonds. The largest absolute Gasteiger partial charge is 0.378 e. The van der Waals surface area contributed by atoms with Crippen LogP contribution in [-0.4, -0.2) is 19.3 Å². The van der Waals surface area contributed by atoms with Crippen molar-refractivity contribution in [3.8, 4) is 0 Å². The number of hydrogen-bond acceptors (Lipinski definition) is 2. The van der Waals surface area contributed by atoms with Gasteiger partial charge in [0.15, 0.2) is 0 Å². The van der Waals surface area contributed by atoms with Gasteiger partial charge in [-0.05, 0) is 36.8 Å². The lowest BCUT2D eigenvalue weighted by Crippen LogP contribution is -2.41. The maximum Gasteiger partial charge on any atom is 0.0721 e. The van der Waals surface area contributed by atoms with Gasteiger partial charge in [-0.25, -0.2) is 0 Å². The molecule has 0 bridgehead atoms. The van der Waals surface area contributed by atoms with Crippen molar-refractivity contribution >= 4 is 0 Å². The van der Waals surface area contributed by atoms with Crippen LogP contribution in [0.25, 0.3) is 0 Å². The van der Waals surface area contributed by atoms with Crippen LogP contribution in [0.2, 0.25) is 0 Å². The Morgan fingerprint density at radius 1 is 1.22 bits per heavy atom. The Hall–Kier alpha value is -0.860. The third-order valence-corrected chi connectivity index (χ3v) is 5.01. The summed E-state index contributed by atoms with van der Waals surface area (Å²) in [5, 5.41) is 0. The molecule has 1 aromatic carbocycles. The number of hydrogen-bond donors (Lipinski definition) is 1. The first-order valence-corrected chi connectivity index (χ1v) is 7.07. The molecule has 0 atom stereocenters. The molecular formula is C16H23NO. The summed E-state index contributed by atoms with van der Waals surface area (Å²) in [6, 6.07) is 9.03. The highest BCUT2D eigenvalue weighted by molar-refractivity contribution is 5.34. The minimum Gasteiger partial charge on any atom is -0.378 e. The Morgan fingerprint density at radius 3 is 2.50 bits per heavy atom. The zero-order valence-corrected chi connectivity index (χ0v) is 11.2. The van der Waals surface area contributed by atoms with Crippen molar-refractivity contribution in [2.75, 3.05) is 13.7 Å². The van der Waals surface area contributed by atoms with Crippen LogP contribution in [0.4, 0.5) is 0 Å². The van der Waals surface area contributed by atoms with E-state index in [1.807, 2.05) is 7.11 Å². The normalized spacial score (nSPS) is 23.4. The molecule has 0 aliphatic heterocycles. The molecule has 0 saturated heterocycles. The van der Waals surface area contributed by atoms with Crippen LogP contribution in [0.15, 0.2) is 24.3 Å². The average Bonchev–Trinajstić information content (AvgIpc) is 3.10. The molecule has 0 aromatic heterocycles. The van der Waals surface area contributed by atoms with E-state index in [-0.39, 0.29) is 11.0 Å². The lowest BCUT2D eigenvalue weighted by Gasteiger charge is -2.41. The Bertz CT molecular complexity index is 427. The fourth-order valence-electron chi connectivity index (χ4n) is 3.19. The quantitative estimate of drug-likeness (QED) is 0.865. The summed E-state index contributed by atoms with van der Waals surface area (Å²) in [6.45, 7) is 0.784. The Kier molecular flexibility index (Phi) is 2.95. The van der Waals surface area contributed by atoms with E-state index in [1.54, 1.807) is 0 Å². The number of methoxy groups -OCH3 is 1. The molecule has 2 N–H and O–H groups in total. The van der Waals surface area contributed by atoms with Gasteiger partial charge in [0.1, 0.15) is 0 Å². The van der Waals surface area contributed by atoms with Crippen molar-refractivity contribution in [2.24, 2.45) is 5.73 Å². The summed E-state index contributed by atoms with van der Waals surface area (Å²) < 4.78 is 5.62. The predicted octanol–water partition coefficient (Wildman–Crippen LogP) is 2.79. The van der Waals surface area contributed by atoms with Crippen molar-refractivity contribution in [2.45, 2.75) is 49.5 Å². The second-order valence-electron chi connectivity index (χ2n) is 6.10. The number of rotatable bonds is 5. The molecule has 2 saturated carbocycles. The summed E-state index contributed by atoms with van der Waals surface area (Å²) in [7, 11) is 1.84. The van der Waals surface area contributed by atoms with Gasteiger partial charge in [0.25, 0.3) is 0 Å². The van der Waals surface area contributed by atoms with Crippen molar-refractivity contribution in [1.29, 1.82) is 0 Å². The van der Waals surface area contributed by atoms with E-state index in [0.29, 0.717) is 0 Å². The number of nitrogens with two attached hydrogens (primary N) is 1. The van der Waals surface area contributed by atoms with E-state index in [9.17, 15) is 0 Å². The van der Waals surface area contributed by atoms with Crippen LogP contribution in [0.5, 0.6) is 0 Å². The van der Waals surface area contributed by atoms with Crippen LogP contribution in [0.1, 0.15) is 43.2 Å². The van der Waals surface area contributed by atoms with E-state index < -0.39 is 0 Å². The number of benzene rings is 1. The SMILES string of the molecule is COC1(Cc2cccc(C3(CN)CCC3)c2)CC1. The van der Waals surface area contributed by atoms with Gasteiger partial charge in [-0.3, -0.25) is 0 Å². The van der Waals surface area contributed by atoms with Crippen molar-refractivity contribution < 1.29 is 4.74 Å². The van der Waals surface area contributed by atoms with Crippen LogP contribution < -0.4 is 5.73 Å². The van der Waals surface area contributed by atoms with Crippen LogP contribution >= 0.6 is 0 Å². The monoisotopic (exact) mass is 245 g/mol. The van der Waals surface area contributed by atoms with Crippen LogP contribution in [0.3, 0.4) is 0 Å². The first-order chi connectivity index (χ1) is 8.72. The first kappa shape index (κ1) is 12.2. The Labute approximate surface area is 110 Å². The zero-order chi connectivity index (χ0) is 12.6. The highest BCUT2D eigenvalue weighted by Gasteiger charge is 2.43. The fourth-order valence-corrected chi connectivity index (χ4v) is 3.19. The third kappa shape index (κ3) is 1.98. The van der Waals surface area contributed by atoms with E-state index in [1.165, 1.54) is 43.2 Å². The van der Waals surface area contributed by atoms with Crippen molar-refractivity contribution in [3.05, 3.63) is 35.4 Å². The summed E-state index contributed by atoms with van der Waals surface area (Å²) in [5.74, 6) is 0. The van der Waals surface area contributed by atoms with E-state index in [0.717, 1.165) is 13.0 Å². The maximum absolute atomic E-state index is 5.99. The molecule has 2 fully saturated rings. The highest BCUT2D eigenvalue weighted by Crippen LogP contribution is 2.45. The van der Waals surface area contributed by atoms with E-state index in [4.69, 9.17) is 10.5 Å². The molecule has 2 aliphatic carbocycles. The number of ether oxygens (including phenoxy) is 1. The minimum atomic E-state index is 0.147. The van der Waals surface area contributed by atoms with Gasteiger partial charge < -0.3 is 10.5 Å². The standard InChI is InChI=1S/C16H23NO/c1-18-16(8-9-16)11-13-4-2-5-14(10-13)15(12-17)6-3-7-15/h2,4-5,10H,3,6-9,11-12,17H2,1H3. The second kappa shape index (κ2) is 4.36. The molecular weight excluding hydrogens is 222 g/mol. The molecule has 1 aromatic rings. The topological polar surface area (TPSA) is 35.2 Å². The smallest absolute Gasteiger partial charge is 0.0721 e. The van der Waals surface area contributed by atoms with Gasteiger partial charge in [-0.1, -0.05) is 30.7 Å². The van der Waals surface area contributed by atoms with Gasteiger partial charge >= 0.3 is 0 Å². The molecule has 0 heterocycles. The third-order valence-electron chi connectivity index (χ3n) is 5.01. The summed E-state index contributed by atoms with van der Waals surface area (Å²) in [5.41, 5.74) is 9.27. The first-order valence-electron chi connectivity index (χ1n) is 7.07. The molecule has 98 valence electrons. The molecule has 0 unspecified atom stereocenters. The van der Waals surface area contributed by atoms with Gasteiger partial charge in [-0.2, -0.15) is 0 Å². The Balaban J connectivity index is 1.81. The molecule has 2 nitrogen and oxygen atoms in total. The molecule has 18 heavy (non-hydrogen) atoms. The van der Waals surface area contributed by atoms with Gasteiger partial charge in [0, 0.05) is 25.5 Å². The summed E-state index contributed by atoms with van der Waals surface area (Å²) in [4.78, 5) is 0. The lowest BCUT2D eigenvalue weighted by molar-refractivity contribution is 0.0807. The molecule has 2 heteroatoms. The van der Waals surface area contributed by atoms with E-state index in [2.05, 4.69) is 24.3 Å². The minimum absolute atomic E-state index is 0.147. The molecule has 2 aliphatic rings. The molecule has 0 spiro atoms. The lowest BCUT2D eigenvalue weighted by atomic mass is 9.64. The molecule has 3 rings (SSSR count). The molecule has 0 radical (unpaired) electrons. The zero-order valence-electron chi connectivity index (χ0n) is 11.2. The van der Waals surface area contributed by atoms with Crippen LogP contribution in [0, 0.1) is 0 Å². The van der Waals surface area contributed by atoms with Gasteiger partial charge in [0.2, 0.25) is 0 Å². The fraction of sp³-hybridized carbons (Fsp3) is 0.625. The van der Waals surface area contributed by atoms with Gasteiger partial charge in [-0.15, -0.1) is 0 Å². The summed E-state index contributed by atoms with van der Waals surface area (Å²) in [6.07, 6.45) is 7.29. The highest BCUT2D eigenvalue weighted by atomic mass is 16.5. The Morgan fingerprint density at radius 2 is 2.00 bits per heavy atom. The summed E-state index contributed by atoms with van der Waals surface area (Å²) >= 11 is 0. The average molecular weight is 245 g/mol. The van der Waals surface area contributed by atoms with Gasteiger partial charge in [0.05, 0.1) is 5.60 Å². The van der Waals surface area contributed by atoms with Crippen LogP contribution in [-0.2, 0) is 16.6 Å². The second-order valence-corrected chi connectivity index (χ2v) is 6.10. The maximum atomic E-state index is 5.99. The van der Waals surface area contributed by atoms with E-state index >= 15 is 0 Å². The van der Waals surface area contributed by atoms with Crippen molar-refractivity contribution in [1.82, 2.24) is 0 Å². The van der Waals surface area contributed by atoms with Crippen molar-refractivity contribution in [3.63, 3.8) is 0 Å². The predicted molar refractivity (Wildman–Crippen MR) is 73.7 cm³/mol.